The fourth-order valence-electron chi connectivity index (χ4n) is 2.06. The molecule has 0 radical (unpaired) electrons. The van der Waals surface area contributed by atoms with E-state index in [1.54, 1.807) is 30.6 Å². The van der Waals surface area contributed by atoms with E-state index in [2.05, 4.69) is 5.32 Å². The van der Waals surface area contributed by atoms with E-state index in [1.807, 2.05) is 18.4 Å². The number of ether oxygens (including phenoxy) is 1. The molecule has 0 aliphatic rings. The molecule has 0 saturated heterocycles. The van der Waals surface area contributed by atoms with Crippen molar-refractivity contribution in [3.63, 3.8) is 0 Å². The smallest absolute Gasteiger partial charge is 0.129 e. The molecular weight excluding hydrogens is 297 g/mol. The van der Waals surface area contributed by atoms with Crippen molar-refractivity contribution in [1.29, 1.82) is 0 Å². The first-order chi connectivity index (χ1) is 9.63. The largest absolute Gasteiger partial charge is 0.496 e. The highest BCUT2D eigenvalue weighted by Crippen LogP contribution is 2.30. The lowest BCUT2D eigenvalue weighted by Gasteiger charge is -2.17. The normalized spacial score (nSPS) is 12.4. The number of methoxy groups -OCH3 is 1. The van der Waals surface area contributed by atoms with E-state index < -0.39 is 0 Å². The van der Waals surface area contributed by atoms with Crippen LogP contribution in [0, 0.1) is 5.82 Å². The standard InChI is InChI=1S/C15H17ClFNOS/c1-3-18-14(15-8-12(19-2)9-20-15)7-10-6-11(16)4-5-13(10)17/h4-6,8-9,14,18H,3,7H2,1-2H3. The Kier molecular flexibility index (Phi) is 5.40. The molecule has 1 heterocycles. The average molecular weight is 314 g/mol. The van der Waals surface area contributed by atoms with E-state index in [9.17, 15) is 4.39 Å². The lowest BCUT2D eigenvalue weighted by atomic mass is 10.0. The maximum Gasteiger partial charge on any atom is 0.129 e. The van der Waals surface area contributed by atoms with Gasteiger partial charge >= 0.3 is 0 Å². The van der Waals surface area contributed by atoms with Gasteiger partial charge in [-0.1, -0.05) is 18.5 Å². The molecule has 0 aliphatic carbocycles. The number of thiophene rings is 1. The molecule has 0 amide bonds. The van der Waals surface area contributed by atoms with Gasteiger partial charge in [0.25, 0.3) is 0 Å². The predicted octanol–water partition coefficient (Wildman–Crippen LogP) is 4.44. The molecule has 1 atom stereocenters. The van der Waals surface area contributed by atoms with Crippen LogP contribution in [0.5, 0.6) is 5.75 Å². The molecule has 20 heavy (non-hydrogen) atoms. The lowest BCUT2D eigenvalue weighted by molar-refractivity contribution is 0.415. The van der Waals surface area contributed by atoms with E-state index in [-0.39, 0.29) is 11.9 Å². The number of hydrogen-bond donors (Lipinski definition) is 1. The van der Waals surface area contributed by atoms with Crippen LogP contribution in [0.15, 0.2) is 29.6 Å². The molecule has 108 valence electrons. The fraction of sp³-hybridized carbons (Fsp3) is 0.333. The Morgan fingerprint density at radius 1 is 1.40 bits per heavy atom. The minimum atomic E-state index is -0.221. The van der Waals surface area contributed by atoms with Crippen LogP contribution in [0.1, 0.15) is 23.4 Å². The van der Waals surface area contributed by atoms with Crippen molar-refractivity contribution in [2.45, 2.75) is 19.4 Å². The van der Waals surface area contributed by atoms with Gasteiger partial charge < -0.3 is 10.1 Å². The first-order valence-electron chi connectivity index (χ1n) is 6.43. The van der Waals surface area contributed by atoms with E-state index in [0.29, 0.717) is 17.0 Å². The van der Waals surface area contributed by atoms with Gasteiger partial charge in [0.2, 0.25) is 0 Å². The van der Waals surface area contributed by atoms with Crippen LogP contribution in [-0.4, -0.2) is 13.7 Å². The van der Waals surface area contributed by atoms with Crippen LogP contribution in [0.4, 0.5) is 4.39 Å². The summed E-state index contributed by atoms with van der Waals surface area (Å²) in [4.78, 5) is 1.13. The molecule has 1 unspecified atom stereocenters. The van der Waals surface area contributed by atoms with Crippen LogP contribution in [0.25, 0.3) is 0 Å². The van der Waals surface area contributed by atoms with Crippen molar-refractivity contribution in [2.24, 2.45) is 0 Å². The van der Waals surface area contributed by atoms with Crippen LogP contribution >= 0.6 is 22.9 Å². The first-order valence-corrected chi connectivity index (χ1v) is 7.69. The summed E-state index contributed by atoms with van der Waals surface area (Å²) in [5.74, 6) is 0.611. The lowest BCUT2D eigenvalue weighted by Crippen LogP contribution is -2.22. The summed E-state index contributed by atoms with van der Waals surface area (Å²) in [6.07, 6.45) is 0.559. The molecule has 0 saturated carbocycles. The van der Waals surface area contributed by atoms with Gasteiger partial charge in [0.05, 0.1) is 7.11 Å². The zero-order valence-electron chi connectivity index (χ0n) is 11.5. The summed E-state index contributed by atoms with van der Waals surface area (Å²) < 4.78 is 19.1. The predicted molar refractivity (Wildman–Crippen MR) is 82.4 cm³/mol. The number of rotatable bonds is 6. The Bertz CT molecular complexity index is 573. The second-order valence-electron chi connectivity index (χ2n) is 4.44. The Labute approximate surface area is 127 Å². The average Bonchev–Trinajstić information content (AvgIpc) is 2.91. The van der Waals surface area contributed by atoms with E-state index in [0.717, 1.165) is 17.2 Å². The summed E-state index contributed by atoms with van der Waals surface area (Å²) in [5.41, 5.74) is 0.621. The Morgan fingerprint density at radius 3 is 2.85 bits per heavy atom. The van der Waals surface area contributed by atoms with Crippen molar-refractivity contribution >= 4 is 22.9 Å². The molecule has 5 heteroatoms. The minimum Gasteiger partial charge on any atom is -0.496 e. The third kappa shape index (κ3) is 3.72. The van der Waals surface area contributed by atoms with Gasteiger partial charge in [-0.2, -0.15) is 0 Å². The highest BCUT2D eigenvalue weighted by atomic mass is 35.5. The molecule has 0 fully saturated rings. The SMILES string of the molecule is CCNC(Cc1cc(Cl)ccc1F)c1cc(OC)cs1. The fourth-order valence-corrected chi connectivity index (χ4v) is 3.19. The molecular formula is C15H17ClFNOS. The van der Waals surface area contributed by atoms with Crippen molar-refractivity contribution < 1.29 is 9.13 Å². The van der Waals surface area contributed by atoms with E-state index in [1.165, 1.54) is 6.07 Å². The Balaban J connectivity index is 2.22. The molecule has 2 rings (SSSR count). The van der Waals surface area contributed by atoms with Crippen molar-refractivity contribution in [1.82, 2.24) is 5.32 Å². The van der Waals surface area contributed by atoms with Crippen LogP contribution in [0.3, 0.4) is 0 Å². The summed E-state index contributed by atoms with van der Waals surface area (Å²) >= 11 is 7.55. The summed E-state index contributed by atoms with van der Waals surface area (Å²) in [6.45, 7) is 2.85. The van der Waals surface area contributed by atoms with Crippen LogP contribution in [0.2, 0.25) is 5.02 Å². The summed E-state index contributed by atoms with van der Waals surface area (Å²) in [6, 6.07) is 6.71. The summed E-state index contributed by atoms with van der Waals surface area (Å²) in [5, 5.41) is 5.88. The highest BCUT2D eigenvalue weighted by molar-refractivity contribution is 7.10. The van der Waals surface area contributed by atoms with Gasteiger partial charge in [0.15, 0.2) is 0 Å². The Morgan fingerprint density at radius 2 is 2.20 bits per heavy atom. The summed E-state index contributed by atoms with van der Waals surface area (Å²) in [7, 11) is 1.64. The zero-order chi connectivity index (χ0) is 14.5. The number of likely N-dealkylation sites (N-methyl/N-ethyl adjacent to an activating group) is 1. The molecule has 2 nitrogen and oxygen atoms in total. The molecule has 0 spiro atoms. The van der Waals surface area contributed by atoms with Gasteiger partial charge in [-0.3, -0.25) is 0 Å². The molecule has 0 bridgehead atoms. The van der Waals surface area contributed by atoms with Gasteiger partial charge in [-0.05, 0) is 42.8 Å². The van der Waals surface area contributed by atoms with Crippen molar-refractivity contribution in [3.8, 4) is 5.75 Å². The van der Waals surface area contributed by atoms with Crippen molar-refractivity contribution in [2.75, 3.05) is 13.7 Å². The van der Waals surface area contributed by atoms with Crippen LogP contribution < -0.4 is 10.1 Å². The number of nitrogens with one attached hydrogen (secondary N) is 1. The number of halogens is 2. The second kappa shape index (κ2) is 7.07. The molecule has 1 N–H and O–H groups in total. The molecule has 0 aliphatic heterocycles. The van der Waals surface area contributed by atoms with Gasteiger partial charge in [0.1, 0.15) is 11.6 Å². The quantitative estimate of drug-likeness (QED) is 0.851. The first kappa shape index (κ1) is 15.3. The minimum absolute atomic E-state index is 0.0573. The van der Waals surface area contributed by atoms with Gasteiger partial charge in [0, 0.05) is 21.3 Å². The molecule has 1 aromatic carbocycles. The van der Waals surface area contributed by atoms with Gasteiger partial charge in [-0.25, -0.2) is 4.39 Å². The van der Waals surface area contributed by atoms with Gasteiger partial charge in [-0.15, -0.1) is 11.3 Å². The zero-order valence-corrected chi connectivity index (χ0v) is 13.0. The van der Waals surface area contributed by atoms with Crippen LogP contribution in [-0.2, 0) is 6.42 Å². The maximum absolute atomic E-state index is 13.8. The number of hydrogen-bond acceptors (Lipinski definition) is 3. The van der Waals surface area contributed by atoms with Crippen molar-refractivity contribution in [3.05, 3.63) is 50.9 Å². The van der Waals surface area contributed by atoms with E-state index in [4.69, 9.17) is 16.3 Å². The Hall–Kier alpha value is -1.10. The topological polar surface area (TPSA) is 21.3 Å². The third-order valence-electron chi connectivity index (χ3n) is 3.06. The molecule has 2 aromatic rings. The molecule has 1 aromatic heterocycles. The second-order valence-corrected chi connectivity index (χ2v) is 5.82. The highest BCUT2D eigenvalue weighted by Gasteiger charge is 2.16. The number of benzene rings is 1. The van der Waals surface area contributed by atoms with E-state index >= 15 is 0 Å². The monoisotopic (exact) mass is 313 g/mol. The third-order valence-corrected chi connectivity index (χ3v) is 4.32. The maximum atomic E-state index is 13.8.